The summed E-state index contributed by atoms with van der Waals surface area (Å²) < 4.78 is 5.81. The van der Waals surface area contributed by atoms with Gasteiger partial charge in [-0.2, -0.15) is 10.2 Å². The third-order valence-electron chi connectivity index (χ3n) is 4.95. The second-order valence-corrected chi connectivity index (χ2v) is 7.98. The molecular weight excluding hydrogens is 448 g/mol. The van der Waals surface area contributed by atoms with Crippen LogP contribution in [0, 0.1) is 0 Å². The smallest absolute Gasteiger partial charge is 0.289 e. The lowest BCUT2D eigenvalue weighted by atomic mass is 10.1. The molecule has 0 spiro atoms. The van der Waals surface area contributed by atoms with Crippen molar-refractivity contribution in [2.45, 2.75) is 13.5 Å². The number of aromatic nitrogens is 2. The third-order valence-corrected chi connectivity index (χ3v) is 5.32. The molecule has 6 nitrogen and oxygen atoms in total. The number of ether oxygens (including phenoxy) is 1. The lowest BCUT2D eigenvalue weighted by Crippen LogP contribution is -2.17. The Morgan fingerprint density at radius 3 is 2.56 bits per heavy atom. The Kier molecular flexibility index (Phi) is 7.53. The number of halogens is 1. The lowest BCUT2D eigenvalue weighted by Gasteiger charge is -2.08. The van der Waals surface area contributed by atoms with E-state index >= 15 is 0 Å². The Hall–Kier alpha value is -4.16. The van der Waals surface area contributed by atoms with Crippen LogP contribution in [0.2, 0.25) is 5.02 Å². The van der Waals surface area contributed by atoms with Gasteiger partial charge in [0.25, 0.3) is 5.91 Å². The second-order valence-electron chi connectivity index (χ2n) is 7.57. The molecule has 0 saturated heterocycles. The average molecular weight is 471 g/mol. The Morgan fingerprint density at radius 2 is 1.79 bits per heavy atom. The molecule has 170 valence electrons. The SMILES string of the molecule is CC(/C=N\NC(=O)c1cc(-c2ccc(OCc3ccccc3Cl)cc2)n[nH]1)=C\c1ccccc1. The summed E-state index contributed by atoms with van der Waals surface area (Å²) in [5.74, 6) is 0.340. The molecule has 3 aromatic carbocycles. The van der Waals surface area contributed by atoms with E-state index in [9.17, 15) is 4.79 Å². The zero-order chi connectivity index (χ0) is 23.8. The first-order valence-corrected chi connectivity index (χ1v) is 11.0. The number of hydrazone groups is 1. The summed E-state index contributed by atoms with van der Waals surface area (Å²) in [6, 6.07) is 26.6. The van der Waals surface area contributed by atoms with Crippen molar-refractivity contribution >= 4 is 29.8 Å². The second kappa shape index (κ2) is 11.1. The highest BCUT2D eigenvalue weighted by atomic mass is 35.5. The summed E-state index contributed by atoms with van der Waals surface area (Å²) in [5.41, 5.74) is 7.23. The molecule has 0 aliphatic rings. The number of hydrogen-bond donors (Lipinski definition) is 2. The first kappa shape index (κ1) is 23.0. The van der Waals surface area contributed by atoms with Gasteiger partial charge in [0, 0.05) is 16.1 Å². The van der Waals surface area contributed by atoms with E-state index in [4.69, 9.17) is 16.3 Å². The standard InChI is InChI=1S/C27H23ClN4O2/c1-19(15-20-7-3-2-4-8-20)17-29-32-27(33)26-16-25(30-31-26)21-11-13-23(14-12-21)34-18-22-9-5-6-10-24(22)28/h2-17H,18H2,1H3,(H,30,31)(H,32,33)/b19-15+,29-17-. The summed E-state index contributed by atoms with van der Waals surface area (Å²) in [7, 11) is 0. The minimum Gasteiger partial charge on any atom is -0.489 e. The van der Waals surface area contributed by atoms with E-state index in [0.29, 0.717) is 28.8 Å². The van der Waals surface area contributed by atoms with Crippen LogP contribution in [0.4, 0.5) is 0 Å². The summed E-state index contributed by atoms with van der Waals surface area (Å²) in [5, 5.41) is 11.7. The van der Waals surface area contributed by atoms with E-state index in [1.165, 1.54) is 0 Å². The highest BCUT2D eigenvalue weighted by Crippen LogP contribution is 2.23. The maximum absolute atomic E-state index is 12.4. The van der Waals surface area contributed by atoms with E-state index in [1.54, 1.807) is 12.3 Å². The molecule has 1 amide bonds. The van der Waals surface area contributed by atoms with E-state index in [1.807, 2.05) is 91.9 Å². The Labute approximate surface area is 202 Å². The number of hydrogen-bond acceptors (Lipinski definition) is 4. The first-order chi connectivity index (χ1) is 16.6. The largest absolute Gasteiger partial charge is 0.489 e. The molecule has 0 aliphatic heterocycles. The van der Waals surface area contributed by atoms with Crippen LogP contribution in [-0.2, 0) is 6.61 Å². The number of benzene rings is 3. The van der Waals surface area contributed by atoms with Crippen LogP contribution in [0.5, 0.6) is 5.75 Å². The van der Waals surface area contributed by atoms with Crippen LogP contribution in [-0.4, -0.2) is 22.3 Å². The molecule has 0 atom stereocenters. The Morgan fingerprint density at radius 1 is 1.06 bits per heavy atom. The predicted octanol–water partition coefficient (Wildman–Crippen LogP) is 6.13. The molecule has 0 fully saturated rings. The van der Waals surface area contributed by atoms with Gasteiger partial charge in [-0.15, -0.1) is 0 Å². The van der Waals surface area contributed by atoms with Gasteiger partial charge >= 0.3 is 0 Å². The van der Waals surface area contributed by atoms with Crippen LogP contribution in [0.25, 0.3) is 17.3 Å². The number of amides is 1. The van der Waals surface area contributed by atoms with E-state index in [2.05, 4.69) is 20.7 Å². The molecule has 7 heteroatoms. The van der Waals surface area contributed by atoms with Gasteiger partial charge < -0.3 is 4.74 Å². The van der Waals surface area contributed by atoms with E-state index in [0.717, 1.165) is 22.3 Å². The summed E-state index contributed by atoms with van der Waals surface area (Å²) in [6.45, 7) is 2.30. The number of H-pyrrole nitrogens is 1. The molecule has 0 saturated carbocycles. The van der Waals surface area contributed by atoms with Gasteiger partial charge in [0.1, 0.15) is 18.1 Å². The Bertz CT molecular complexity index is 1310. The van der Waals surface area contributed by atoms with Gasteiger partial charge in [0.2, 0.25) is 0 Å². The van der Waals surface area contributed by atoms with Crippen molar-refractivity contribution in [3.8, 4) is 17.0 Å². The lowest BCUT2D eigenvalue weighted by molar-refractivity contribution is 0.0950. The van der Waals surface area contributed by atoms with Crippen molar-refractivity contribution in [3.63, 3.8) is 0 Å². The molecule has 4 rings (SSSR count). The Balaban J connectivity index is 1.33. The highest BCUT2D eigenvalue weighted by molar-refractivity contribution is 6.31. The molecule has 1 heterocycles. The van der Waals surface area contributed by atoms with E-state index in [-0.39, 0.29) is 5.91 Å². The molecule has 34 heavy (non-hydrogen) atoms. The summed E-state index contributed by atoms with van der Waals surface area (Å²) in [6.07, 6.45) is 3.58. The fourth-order valence-electron chi connectivity index (χ4n) is 3.19. The van der Waals surface area contributed by atoms with Crippen LogP contribution in [0.3, 0.4) is 0 Å². The molecule has 0 radical (unpaired) electrons. The van der Waals surface area contributed by atoms with E-state index < -0.39 is 0 Å². The van der Waals surface area contributed by atoms with Gasteiger partial charge in [-0.1, -0.05) is 66.2 Å². The summed E-state index contributed by atoms with van der Waals surface area (Å²) in [4.78, 5) is 12.4. The van der Waals surface area contributed by atoms with Crippen LogP contribution >= 0.6 is 11.6 Å². The van der Waals surface area contributed by atoms with Crippen molar-refractivity contribution in [1.29, 1.82) is 0 Å². The number of aromatic amines is 1. The fraction of sp³-hybridized carbons (Fsp3) is 0.0741. The third kappa shape index (κ3) is 6.21. The number of nitrogens with zero attached hydrogens (tertiary/aromatic N) is 2. The van der Waals surface area contributed by atoms with Crippen molar-refractivity contribution in [3.05, 3.63) is 112 Å². The minimum atomic E-state index is -0.373. The van der Waals surface area contributed by atoms with Gasteiger partial charge in [0.05, 0.1) is 11.9 Å². The first-order valence-electron chi connectivity index (χ1n) is 10.7. The van der Waals surface area contributed by atoms with Gasteiger partial charge in [-0.3, -0.25) is 9.89 Å². The number of allylic oxidation sites excluding steroid dienone is 1. The zero-order valence-corrected chi connectivity index (χ0v) is 19.3. The van der Waals surface area contributed by atoms with Gasteiger partial charge in [0.15, 0.2) is 0 Å². The molecule has 0 bridgehead atoms. The average Bonchev–Trinajstić information content (AvgIpc) is 3.35. The van der Waals surface area contributed by atoms with Crippen molar-refractivity contribution in [1.82, 2.24) is 15.6 Å². The molecule has 0 unspecified atom stereocenters. The van der Waals surface area contributed by atoms with Crippen LogP contribution < -0.4 is 10.2 Å². The quantitative estimate of drug-likeness (QED) is 0.240. The topological polar surface area (TPSA) is 79.4 Å². The minimum absolute atomic E-state index is 0.316. The molecule has 2 N–H and O–H groups in total. The number of carbonyl (C=O) groups excluding carboxylic acids is 1. The maximum Gasteiger partial charge on any atom is 0.289 e. The van der Waals surface area contributed by atoms with Crippen molar-refractivity contribution < 1.29 is 9.53 Å². The maximum atomic E-state index is 12.4. The van der Waals surface area contributed by atoms with Crippen molar-refractivity contribution in [2.24, 2.45) is 5.10 Å². The number of nitrogens with one attached hydrogen (secondary N) is 2. The van der Waals surface area contributed by atoms with Crippen LogP contribution in [0.1, 0.15) is 28.5 Å². The molecule has 4 aromatic rings. The molecular formula is C27H23ClN4O2. The normalized spacial score (nSPS) is 11.5. The number of carbonyl (C=O) groups is 1. The van der Waals surface area contributed by atoms with Crippen LogP contribution in [0.15, 0.2) is 95.6 Å². The summed E-state index contributed by atoms with van der Waals surface area (Å²) >= 11 is 6.17. The molecule has 1 aromatic heterocycles. The zero-order valence-electron chi connectivity index (χ0n) is 18.5. The number of rotatable bonds is 8. The van der Waals surface area contributed by atoms with Gasteiger partial charge in [-0.05, 0) is 54.5 Å². The monoisotopic (exact) mass is 470 g/mol. The van der Waals surface area contributed by atoms with Gasteiger partial charge in [-0.25, -0.2) is 5.43 Å². The fourth-order valence-corrected chi connectivity index (χ4v) is 3.38. The van der Waals surface area contributed by atoms with Crippen molar-refractivity contribution in [2.75, 3.05) is 0 Å². The molecule has 0 aliphatic carbocycles. The predicted molar refractivity (Wildman–Crippen MR) is 136 cm³/mol. The highest BCUT2D eigenvalue weighted by Gasteiger charge is 2.10.